The summed E-state index contributed by atoms with van der Waals surface area (Å²) in [5.41, 5.74) is 1.07. The molecule has 2 N–H and O–H groups in total. The van der Waals surface area contributed by atoms with Gasteiger partial charge in [-0.25, -0.2) is 0 Å². The van der Waals surface area contributed by atoms with Crippen LogP contribution in [0, 0.1) is 0 Å². The van der Waals surface area contributed by atoms with Gasteiger partial charge in [-0.1, -0.05) is 30.3 Å². The predicted octanol–water partition coefficient (Wildman–Crippen LogP) is 2.16. The number of benzene rings is 1. The van der Waals surface area contributed by atoms with Crippen LogP contribution in [0.25, 0.3) is 0 Å². The van der Waals surface area contributed by atoms with Crippen LogP contribution < -0.4 is 5.32 Å². The van der Waals surface area contributed by atoms with Crippen molar-refractivity contribution in [2.24, 2.45) is 0 Å². The molecule has 1 amide bonds. The van der Waals surface area contributed by atoms with Crippen molar-refractivity contribution in [2.75, 3.05) is 6.61 Å². The molecule has 22 heavy (non-hydrogen) atoms. The standard InChI is InChI=1S/C17H25NO4/c1-12(13-7-5-4-6-8-13)18-16(20)10-14-9-15(11-19)22-17(2,3)21-14/h4-8,12,14-15,19H,9-11H2,1-3H3,(H,18,20)/t12?,14-,15+/m1/s1. The maximum absolute atomic E-state index is 12.2. The number of amides is 1. The molecule has 5 heteroatoms. The van der Waals surface area contributed by atoms with Gasteiger partial charge in [-0.15, -0.1) is 0 Å². The Bertz CT molecular complexity index is 489. The average Bonchev–Trinajstić information content (AvgIpc) is 2.46. The lowest BCUT2D eigenvalue weighted by atomic mass is 10.0. The first-order valence-electron chi connectivity index (χ1n) is 7.70. The third-order valence-electron chi connectivity index (χ3n) is 3.72. The van der Waals surface area contributed by atoms with E-state index in [2.05, 4.69) is 5.32 Å². The van der Waals surface area contributed by atoms with Crippen LogP contribution in [0.1, 0.15) is 45.2 Å². The highest BCUT2D eigenvalue weighted by atomic mass is 16.7. The lowest BCUT2D eigenvalue weighted by molar-refractivity contribution is -0.303. The molecule has 0 spiro atoms. The molecule has 1 fully saturated rings. The van der Waals surface area contributed by atoms with Gasteiger partial charge in [-0.3, -0.25) is 4.79 Å². The van der Waals surface area contributed by atoms with E-state index in [-0.39, 0.29) is 37.2 Å². The third-order valence-corrected chi connectivity index (χ3v) is 3.72. The van der Waals surface area contributed by atoms with Crippen LogP contribution >= 0.6 is 0 Å². The van der Waals surface area contributed by atoms with Gasteiger partial charge >= 0.3 is 0 Å². The maximum Gasteiger partial charge on any atom is 0.223 e. The molecule has 1 heterocycles. The first kappa shape index (κ1) is 16.9. The second kappa shape index (κ2) is 7.22. The molecule has 1 saturated heterocycles. The van der Waals surface area contributed by atoms with Gasteiger partial charge in [0.05, 0.1) is 31.3 Å². The Morgan fingerprint density at radius 3 is 2.59 bits per heavy atom. The summed E-state index contributed by atoms with van der Waals surface area (Å²) in [4.78, 5) is 12.2. The number of hydrogen-bond donors (Lipinski definition) is 2. The molecule has 0 radical (unpaired) electrons. The molecule has 1 aliphatic heterocycles. The SMILES string of the molecule is CC(NC(=O)C[C@H]1C[C@@H](CO)OC(C)(C)O1)c1ccccc1. The van der Waals surface area contributed by atoms with Crippen LogP contribution in [0.15, 0.2) is 30.3 Å². The number of rotatable bonds is 5. The number of hydrogen-bond acceptors (Lipinski definition) is 4. The van der Waals surface area contributed by atoms with E-state index in [0.717, 1.165) is 5.56 Å². The summed E-state index contributed by atoms with van der Waals surface area (Å²) in [5, 5.41) is 12.3. The van der Waals surface area contributed by atoms with E-state index in [1.807, 2.05) is 37.3 Å². The number of nitrogens with one attached hydrogen (secondary N) is 1. The van der Waals surface area contributed by atoms with Crippen molar-refractivity contribution >= 4 is 5.91 Å². The highest BCUT2D eigenvalue weighted by Gasteiger charge is 2.36. The molecule has 122 valence electrons. The molecular formula is C17H25NO4. The molecular weight excluding hydrogens is 282 g/mol. The lowest BCUT2D eigenvalue weighted by Gasteiger charge is -2.40. The van der Waals surface area contributed by atoms with Crippen molar-refractivity contribution in [1.29, 1.82) is 0 Å². The quantitative estimate of drug-likeness (QED) is 0.875. The summed E-state index contributed by atoms with van der Waals surface area (Å²) in [6, 6.07) is 9.78. The fourth-order valence-corrected chi connectivity index (χ4v) is 2.79. The molecule has 0 bridgehead atoms. The predicted molar refractivity (Wildman–Crippen MR) is 83.1 cm³/mol. The number of carbonyl (C=O) groups is 1. The zero-order valence-corrected chi connectivity index (χ0v) is 13.4. The smallest absolute Gasteiger partial charge is 0.223 e. The summed E-state index contributed by atoms with van der Waals surface area (Å²) >= 11 is 0. The van der Waals surface area contributed by atoms with Crippen LogP contribution in [0.3, 0.4) is 0 Å². The Kier molecular flexibility index (Phi) is 5.56. The Morgan fingerprint density at radius 2 is 1.95 bits per heavy atom. The van der Waals surface area contributed by atoms with Gasteiger partial charge in [0.1, 0.15) is 0 Å². The molecule has 0 aromatic heterocycles. The Morgan fingerprint density at radius 1 is 1.32 bits per heavy atom. The van der Waals surface area contributed by atoms with Crippen LogP contribution in [-0.2, 0) is 14.3 Å². The Balaban J connectivity index is 1.88. The van der Waals surface area contributed by atoms with Crippen molar-refractivity contribution in [3.8, 4) is 0 Å². The van der Waals surface area contributed by atoms with Gasteiger partial charge in [0, 0.05) is 6.42 Å². The molecule has 2 rings (SSSR count). The van der Waals surface area contributed by atoms with Crippen molar-refractivity contribution in [2.45, 2.75) is 57.6 Å². The van der Waals surface area contributed by atoms with E-state index in [4.69, 9.17) is 9.47 Å². The largest absolute Gasteiger partial charge is 0.394 e. The highest BCUT2D eigenvalue weighted by molar-refractivity contribution is 5.77. The van der Waals surface area contributed by atoms with E-state index >= 15 is 0 Å². The van der Waals surface area contributed by atoms with Crippen molar-refractivity contribution < 1.29 is 19.4 Å². The molecule has 3 atom stereocenters. The van der Waals surface area contributed by atoms with Gasteiger partial charge in [-0.05, 0) is 26.3 Å². The normalized spacial score (nSPS) is 25.5. The number of carbonyl (C=O) groups excluding carboxylic acids is 1. The molecule has 1 aliphatic rings. The average molecular weight is 307 g/mol. The van der Waals surface area contributed by atoms with Crippen molar-refractivity contribution in [3.63, 3.8) is 0 Å². The second-order valence-electron chi connectivity index (χ2n) is 6.20. The van der Waals surface area contributed by atoms with Gasteiger partial charge in [-0.2, -0.15) is 0 Å². The van der Waals surface area contributed by atoms with Gasteiger partial charge < -0.3 is 19.9 Å². The maximum atomic E-state index is 12.2. The third kappa shape index (κ3) is 4.80. The van der Waals surface area contributed by atoms with Crippen LogP contribution in [0.2, 0.25) is 0 Å². The molecule has 5 nitrogen and oxygen atoms in total. The monoisotopic (exact) mass is 307 g/mol. The molecule has 1 aromatic carbocycles. The van der Waals surface area contributed by atoms with E-state index in [0.29, 0.717) is 6.42 Å². The first-order valence-corrected chi connectivity index (χ1v) is 7.70. The Labute approximate surface area is 131 Å². The minimum atomic E-state index is -0.776. The van der Waals surface area contributed by atoms with Crippen molar-refractivity contribution in [1.82, 2.24) is 5.32 Å². The number of aliphatic hydroxyl groups excluding tert-OH is 1. The Hall–Kier alpha value is -1.43. The minimum absolute atomic E-state index is 0.0461. The lowest BCUT2D eigenvalue weighted by Crippen LogP contribution is -2.47. The van der Waals surface area contributed by atoms with E-state index < -0.39 is 5.79 Å². The fraction of sp³-hybridized carbons (Fsp3) is 0.588. The summed E-state index contributed by atoms with van der Waals surface area (Å²) in [7, 11) is 0. The van der Waals surface area contributed by atoms with Crippen LogP contribution in [0.5, 0.6) is 0 Å². The second-order valence-corrected chi connectivity index (χ2v) is 6.20. The van der Waals surface area contributed by atoms with E-state index in [1.54, 1.807) is 13.8 Å². The van der Waals surface area contributed by atoms with Gasteiger partial charge in [0.2, 0.25) is 5.91 Å². The molecule has 0 aliphatic carbocycles. The molecule has 0 saturated carbocycles. The summed E-state index contributed by atoms with van der Waals surface area (Å²) in [5.74, 6) is -0.836. The highest BCUT2D eigenvalue weighted by Crippen LogP contribution is 2.28. The van der Waals surface area contributed by atoms with E-state index in [1.165, 1.54) is 0 Å². The first-order chi connectivity index (χ1) is 10.4. The fourth-order valence-electron chi connectivity index (χ4n) is 2.79. The summed E-state index contributed by atoms with van der Waals surface area (Å²) in [6.45, 7) is 5.49. The van der Waals surface area contributed by atoms with Crippen LogP contribution in [0.4, 0.5) is 0 Å². The van der Waals surface area contributed by atoms with Crippen LogP contribution in [-0.4, -0.2) is 35.6 Å². The topological polar surface area (TPSA) is 67.8 Å². The minimum Gasteiger partial charge on any atom is -0.394 e. The zero-order valence-electron chi connectivity index (χ0n) is 13.4. The molecule has 1 unspecified atom stereocenters. The zero-order chi connectivity index (χ0) is 16.2. The number of ether oxygens (including phenoxy) is 2. The van der Waals surface area contributed by atoms with Gasteiger partial charge in [0.25, 0.3) is 0 Å². The molecule has 1 aromatic rings. The van der Waals surface area contributed by atoms with E-state index in [9.17, 15) is 9.90 Å². The number of aliphatic hydroxyl groups is 1. The summed E-state index contributed by atoms with van der Waals surface area (Å²) < 4.78 is 11.4. The van der Waals surface area contributed by atoms with Gasteiger partial charge in [0.15, 0.2) is 5.79 Å². The summed E-state index contributed by atoms with van der Waals surface area (Å²) in [6.07, 6.45) is 0.255. The van der Waals surface area contributed by atoms with Crippen molar-refractivity contribution in [3.05, 3.63) is 35.9 Å².